The van der Waals surface area contributed by atoms with Crippen LogP contribution < -0.4 is 4.74 Å². The van der Waals surface area contributed by atoms with Crippen LogP contribution in [0.15, 0.2) is 24.3 Å². The zero-order valence-corrected chi connectivity index (χ0v) is 11.0. The Hall–Kier alpha value is -1.77. The van der Waals surface area contributed by atoms with Crippen molar-refractivity contribution in [3.05, 3.63) is 29.8 Å². The summed E-state index contributed by atoms with van der Waals surface area (Å²) in [5.41, 5.74) is -0.137. The largest absolute Gasteiger partial charge is 0.502 e. The van der Waals surface area contributed by atoms with Crippen molar-refractivity contribution in [2.24, 2.45) is 5.92 Å². The number of aliphatic hydroxyl groups excluding tert-OH is 1. The molecule has 0 saturated heterocycles. The van der Waals surface area contributed by atoms with Crippen molar-refractivity contribution in [2.75, 3.05) is 0 Å². The fourth-order valence-corrected chi connectivity index (χ4v) is 1.69. The maximum absolute atomic E-state index is 12.6. The smallest absolute Gasteiger partial charge is 0.400 e. The highest BCUT2D eigenvalue weighted by molar-refractivity contribution is 7.80. The highest BCUT2D eigenvalue weighted by Gasteiger charge is 2.44. The predicted molar refractivity (Wildman–Crippen MR) is 66.8 cm³/mol. The molecule has 0 saturated carbocycles. The van der Waals surface area contributed by atoms with Crippen molar-refractivity contribution >= 4 is 23.1 Å². The van der Waals surface area contributed by atoms with Crippen molar-refractivity contribution in [1.82, 2.24) is 0 Å². The molecule has 0 radical (unpaired) electrons. The molecule has 0 amide bonds. The number of ketones is 1. The van der Waals surface area contributed by atoms with Gasteiger partial charge in [0.1, 0.15) is 11.7 Å². The van der Waals surface area contributed by atoms with Crippen LogP contribution in [-0.2, 0) is 0 Å². The van der Waals surface area contributed by atoms with E-state index in [1.54, 1.807) is 0 Å². The predicted octanol–water partition coefficient (Wildman–Crippen LogP) is 3.92. The molecule has 3 nitrogen and oxygen atoms in total. The molecule has 21 heavy (non-hydrogen) atoms. The number of Topliss-reactive ketones (excluding diaryl/α,β-unsaturated/α-hetero) is 1. The third-order valence-electron chi connectivity index (χ3n) is 2.48. The Bertz CT molecular complexity index is 513. The van der Waals surface area contributed by atoms with Crippen LogP contribution in [0.25, 0.3) is 0 Å². The highest BCUT2D eigenvalue weighted by Crippen LogP contribution is 2.31. The summed E-state index contributed by atoms with van der Waals surface area (Å²) < 4.78 is 65.5. The van der Waals surface area contributed by atoms with E-state index >= 15 is 0 Å². The summed E-state index contributed by atoms with van der Waals surface area (Å²) in [6.07, 6.45) is -5.91. The number of carbonyl (C=O) groups excluding carboxylic acids is 1. The minimum Gasteiger partial charge on any atom is -0.502 e. The number of ether oxygens (including phenoxy) is 1. The standard InChI is InChI=1S/C12H9F5O3S/c13-11(14)20-7-3-1-6(2-4-7)9(18)5-8(10(19)21)12(15,16)17/h1-4,8,11H,5H2,(H,19,21). The summed E-state index contributed by atoms with van der Waals surface area (Å²) in [7, 11) is 0. The molecule has 1 aromatic carbocycles. The Morgan fingerprint density at radius 1 is 1.24 bits per heavy atom. The second-order valence-corrected chi connectivity index (χ2v) is 4.38. The van der Waals surface area contributed by atoms with Crippen LogP contribution in [0, 0.1) is 5.92 Å². The second-order valence-electron chi connectivity index (χ2n) is 3.96. The van der Waals surface area contributed by atoms with Crippen LogP contribution in [-0.4, -0.2) is 28.7 Å². The molecular formula is C12H9F5O3S. The van der Waals surface area contributed by atoms with Gasteiger partial charge in [-0.2, -0.15) is 22.0 Å². The zero-order valence-electron chi connectivity index (χ0n) is 10.2. The van der Waals surface area contributed by atoms with Crippen molar-refractivity contribution in [2.45, 2.75) is 19.2 Å². The van der Waals surface area contributed by atoms with Gasteiger partial charge >= 0.3 is 12.8 Å². The molecule has 0 fully saturated rings. The van der Waals surface area contributed by atoms with Crippen LogP contribution in [0.1, 0.15) is 16.8 Å². The Kier molecular flexibility index (Phi) is 5.59. The zero-order chi connectivity index (χ0) is 16.2. The lowest BCUT2D eigenvalue weighted by atomic mass is 9.98. The molecular weight excluding hydrogens is 319 g/mol. The average molecular weight is 328 g/mol. The second kappa shape index (κ2) is 6.79. The van der Waals surface area contributed by atoms with Crippen molar-refractivity contribution in [3.63, 3.8) is 0 Å². The SMILES string of the molecule is O=C(CC(C(O)=S)C(F)(F)F)c1ccc(OC(F)F)cc1. The van der Waals surface area contributed by atoms with Crippen LogP contribution in [0.3, 0.4) is 0 Å². The Balaban J connectivity index is 2.81. The number of aliphatic hydroxyl groups is 1. The van der Waals surface area contributed by atoms with Gasteiger partial charge < -0.3 is 9.84 Å². The van der Waals surface area contributed by atoms with Crippen molar-refractivity contribution < 1.29 is 36.6 Å². The maximum Gasteiger partial charge on any atom is 0.400 e. The monoisotopic (exact) mass is 328 g/mol. The number of rotatable bonds is 6. The minimum absolute atomic E-state index is 0.137. The molecule has 0 aliphatic carbocycles. The number of hydrogen-bond donors (Lipinski definition) is 1. The van der Waals surface area contributed by atoms with Gasteiger partial charge in [-0.3, -0.25) is 4.79 Å². The molecule has 0 heterocycles. The number of thiocarbonyl (C=S) groups is 1. The molecule has 0 aliphatic rings. The van der Waals surface area contributed by atoms with Gasteiger partial charge in [0.2, 0.25) is 0 Å². The van der Waals surface area contributed by atoms with Gasteiger partial charge in [0.05, 0.1) is 0 Å². The third kappa shape index (κ3) is 5.25. The van der Waals surface area contributed by atoms with E-state index < -0.39 is 36.0 Å². The Morgan fingerprint density at radius 2 is 1.76 bits per heavy atom. The van der Waals surface area contributed by atoms with Crippen molar-refractivity contribution in [1.29, 1.82) is 0 Å². The first-order valence-corrected chi connectivity index (χ1v) is 5.89. The van der Waals surface area contributed by atoms with Gasteiger partial charge in [-0.05, 0) is 36.5 Å². The van der Waals surface area contributed by atoms with E-state index in [-0.39, 0.29) is 11.3 Å². The first-order valence-electron chi connectivity index (χ1n) is 5.49. The van der Waals surface area contributed by atoms with E-state index in [9.17, 15) is 26.7 Å². The molecule has 0 aromatic heterocycles. The van der Waals surface area contributed by atoms with Crippen LogP contribution in [0.5, 0.6) is 5.75 Å². The number of halogens is 5. The van der Waals surface area contributed by atoms with E-state index in [4.69, 9.17) is 5.11 Å². The van der Waals surface area contributed by atoms with Crippen LogP contribution in [0.4, 0.5) is 22.0 Å². The van der Waals surface area contributed by atoms with E-state index in [1.807, 2.05) is 0 Å². The molecule has 1 rings (SSSR count). The van der Waals surface area contributed by atoms with E-state index in [0.717, 1.165) is 24.3 Å². The normalized spacial score (nSPS) is 13.0. The van der Waals surface area contributed by atoms with Crippen LogP contribution in [0.2, 0.25) is 0 Å². The van der Waals surface area contributed by atoms with E-state index in [0.29, 0.717) is 0 Å². The number of carbonyl (C=O) groups is 1. The number of alkyl halides is 5. The molecule has 1 N–H and O–H groups in total. The maximum atomic E-state index is 12.6. The highest BCUT2D eigenvalue weighted by atomic mass is 32.1. The fourth-order valence-electron chi connectivity index (χ4n) is 1.47. The lowest BCUT2D eigenvalue weighted by Crippen LogP contribution is -2.31. The first kappa shape index (κ1) is 17.3. The topological polar surface area (TPSA) is 46.5 Å². The fraction of sp³-hybridized carbons (Fsp3) is 0.333. The van der Waals surface area contributed by atoms with Gasteiger partial charge in [-0.25, -0.2) is 0 Å². The summed E-state index contributed by atoms with van der Waals surface area (Å²) >= 11 is 4.08. The molecule has 1 unspecified atom stereocenters. The van der Waals surface area contributed by atoms with Gasteiger partial charge in [0.25, 0.3) is 0 Å². The van der Waals surface area contributed by atoms with Gasteiger partial charge in [-0.1, -0.05) is 0 Å². The molecule has 0 spiro atoms. The average Bonchev–Trinajstić information content (AvgIpc) is 2.34. The number of benzene rings is 1. The summed E-state index contributed by atoms with van der Waals surface area (Å²) in [6, 6.07) is 4.15. The Morgan fingerprint density at radius 3 is 2.14 bits per heavy atom. The minimum atomic E-state index is -4.85. The van der Waals surface area contributed by atoms with Gasteiger partial charge in [0.15, 0.2) is 10.8 Å². The molecule has 0 aliphatic heterocycles. The lowest BCUT2D eigenvalue weighted by Gasteiger charge is -2.17. The molecule has 1 aromatic rings. The van der Waals surface area contributed by atoms with Crippen molar-refractivity contribution in [3.8, 4) is 5.75 Å². The number of hydrogen-bond acceptors (Lipinski definition) is 3. The molecule has 1 atom stereocenters. The van der Waals surface area contributed by atoms with Gasteiger partial charge in [0, 0.05) is 12.0 Å². The molecule has 0 bridgehead atoms. The first-order chi connectivity index (χ1) is 9.61. The van der Waals surface area contributed by atoms with E-state index in [2.05, 4.69) is 17.0 Å². The van der Waals surface area contributed by atoms with Gasteiger partial charge in [-0.15, -0.1) is 0 Å². The summed E-state index contributed by atoms with van der Waals surface area (Å²) in [6.45, 7) is -3.05. The summed E-state index contributed by atoms with van der Waals surface area (Å²) in [5, 5.41) is 7.52. The third-order valence-corrected chi connectivity index (χ3v) is 2.77. The van der Waals surface area contributed by atoms with Crippen LogP contribution >= 0.6 is 12.2 Å². The van der Waals surface area contributed by atoms with E-state index in [1.165, 1.54) is 0 Å². The Labute approximate surface area is 121 Å². The quantitative estimate of drug-likeness (QED) is 0.488. The molecule has 116 valence electrons. The molecule has 9 heteroatoms. The summed E-state index contributed by atoms with van der Waals surface area (Å²) in [5.74, 6) is -3.61. The lowest BCUT2D eigenvalue weighted by molar-refractivity contribution is -0.156. The summed E-state index contributed by atoms with van der Waals surface area (Å²) in [4.78, 5) is 11.7.